The SMILES string of the molecule is Cn1nc(C(=O)Nc2ccccc2Cc2nc(-c3cccnc3)no2)ccc1=O. The number of aromatic nitrogens is 5. The first-order valence-corrected chi connectivity index (χ1v) is 8.77. The van der Waals surface area contributed by atoms with Gasteiger partial charge in [0.25, 0.3) is 11.5 Å². The maximum absolute atomic E-state index is 12.5. The number of hydrogen-bond donors (Lipinski definition) is 1. The van der Waals surface area contributed by atoms with E-state index >= 15 is 0 Å². The maximum atomic E-state index is 12.5. The molecule has 1 amide bonds. The Hall–Kier alpha value is -4.14. The van der Waals surface area contributed by atoms with E-state index in [4.69, 9.17) is 4.52 Å². The van der Waals surface area contributed by atoms with E-state index in [1.165, 1.54) is 19.2 Å². The number of anilines is 1. The summed E-state index contributed by atoms with van der Waals surface area (Å²) in [4.78, 5) is 32.4. The third kappa shape index (κ3) is 4.08. The van der Waals surface area contributed by atoms with Gasteiger partial charge < -0.3 is 9.84 Å². The van der Waals surface area contributed by atoms with Gasteiger partial charge in [-0.05, 0) is 29.8 Å². The highest BCUT2D eigenvalue weighted by molar-refractivity contribution is 6.03. The molecule has 0 saturated heterocycles. The van der Waals surface area contributed by atoms with Gasteiger partial charge in [0.15, 0.2) is 0 Å². The summed E-state index contributed by atoms with van der Waals surface area (Å²) in [5.41, 5.74) is 1.99. The standard InChI is InChI=1S/C20H16N6O3/c1-26-18(27)9-8-16(24-26)20(28)22-15-7-3-2-5-13(15)11-17-23-19(25-29-17)14-6-4-10-21-12-14/h2-10,12H,11H2,1H3,(H,22,28). The molecular formula is C20H16N6O3. The van der Waals surface area contributed by atoms with Crippen LogP contribution in [0, 0.1) is 0 Å². The quantitative estimate of drug-likeness (QED) is 0.556. The molecule has 0 radical (unpaired) electrons. The molecule has 0 unspecified atom stereocenters. The smallest absolute Gasteiger partial charge is 0.276 e. The number of carbonyl (C=O) groups is 1. The van der Waals surface area contributed by atoms with Crippen molar-refractivity contribution < 1.29 is 9.32 Å². The van der Waals surface area contributed by atoms with Crippen molar-refractivity contribution in [3.05, 3.63) is 88.4 Å². The van der Waals surface area contributed by atoms with E-state index < -0.39 is 5.91 Å². The van der Waals surface area contributed by atoms with Crippen molar-refractivity contribution in [3.63, 3.8) is 0 Å². The molecule has 29 heavy (non-hydrogen) atoms. The summed E-state index contributed by atoms with van der Waals surface area (Å²) < 4.78 is 6.45. The maximum Gasteiger partial charge on any atom is 0.276 e. The molecular weight excluding hydrogens is 372 g/mol. The molecule has 0 bridgehead atoms. The Morgan fingerprint density at radius 3 is 2.79 bits per heavy atom. The van der Waals surface area contributed by atoms with Crippen LogP contribution in [0.3, 0.4) is 0 Å². The molecule has 4 rings (SSSR count). The number of hydrogen-bond acceptors (Lipinski definition) is 7. The average Bonchev–Trinajstić information content (AvgIpc) is 3.21. The van der Waals surface area contributed by atoms with E-state index in [9.17, 15) is 9.59 Å². The molecule has 1 aromatic carbocycles. The Balaban J connectivity index is 1.54. The number of nitrogens with zero attached hydrogens (tertiary/aromatic N) is 5. The number of pyridine rings is 1. The Labute approximate surface area is 165 Å². The number of aryl methyl sites for hydroxylation is 1. The van der Waals surface area contributed by atoms with Crippen molar-refractivity contribution in [2.24, 2.45) is 7.05 Å². The molecule has 0 spiro atoms. The lowest BCUT2D eigenvalue weighted by Crippen LogP contribution is -2.23. The van der Waals surface area contributed by atoms with E-state index in [0.717, 1.165) is 15.8 Å². The minimum atomic E-state index is -0.422. The van der Waals surface area contributed by atoms with Crippen LogP contribution >= 0.6 is 0 Å². The molecule has 9 heteroatoms. The summed E-state index contributed by atoms with van der Waals surface area (Å²) in [6.45, 7) is 0. The Kier molecular flexibility index (Phi) is 4.93. The van der Waals surface area contributed by atoms with Gasteiger partial charge in [-0.2, -0.15) is 10.1 Å². The molecule has 3 heterocycles. The molecule has 0 aliphatic carbocycles. The van der Waals surface area contributed by atoms with Gasteiger partial charge in [-0.1, -0.05) is 23.4 Å². The van der Waals surface area contributed by atoms with Crippen molar-refractivity contribution in [2.75, 3.05) is 5.32 Å². The van der Waals surface area contributed by atoms with Crippen LogP contribution in [0.25, 0.3) is 11.4 Å². The van der Waals surface area contributed by atoms with Gasteiger partial charge in [-0.15, -0.1) is 0 Å². The lowest BCUT2D eigenvalue weighted by Gasteiger charge is -2.09. The zero-order chi connectivity index (χ0) is 20.2. The van der Waals surface area contributed by atoms with Crippen LogP contribution in [-0.4, -0.2) is 30.8 Å². The minimum Gasteiger partial charge on any atom is -0.339 e. The molecule has 1 N–H and O–H groups in total. The number of amides is 1. The lowest BCUT2D eigenvalue weighted by atomic mass is 10.1. The van der Waals surface area contributed by atoms with Gasteiger partial charge in [0, 0.05) is 36.8 Å². The average molecular weight is 388 g/mol. The van der Waals surface area contributed by atoms with Crippen molar-refractivity contribution in [1.82, 2.24) is 24.9 Å². The zero-order valence-electron chi connectivity index (χ0n) is 15.4. The van der Waals surface area contributed by atoms with Crippen molar-refractivity contribution in [3.8, 4) is 11.4 Å². The van der Waals surface area contributed by atoms with E-state index in [2.05, 4.69) is 25.5 Å². The first-order chi connectivity index (χ1) is 14.1. The van der Waals surface area contributed by atoms with Crippen LogP contribution in [0.15, 0.2) is 70.2 Å². The van der Waals surface area contributed by atoms with Gasteiger partial charge in [0.1, 0.15) is 5.69 Å². The molecule has 0 aliphatic rings. The number of para-hydroxylation sites is 1. The third-order valence-electron chi connectivity index (χ3n) is 4.19. The van der Waals surface area contributed by atoms with Crippen molar-refractivity contribution >= 4 is 11.6 Å². The Morgan fingerprint density at radius 2 is 2.00 bits per heavy atom. The summed E-state index contributed by atoms with van der Waals surface area (Å²) in [6.07, 6.45) is 3.66. The van der Waals surface area contributed by atoms with Crippen LogP contribution < -0.4 is 10.9 Å². The fourth-order valence-electron chi connectivity index (χ4n) is 2.71. The van der Waals surface area contributed by atoms with Crippen LogP contribution in [0.5, 0.6) is 0 Å². The van der Waals surface area contributed by atoms with Crippen molar-refractivity contribution in [1.29, 1.82) is 0 Å². The first kappa shape index (κ1) is 18.2. The largest absolute Gasteiger partial charge is 0.339 e. The highest BCUT2D eigenvalue weighted by Gasteiger charge is 2.14. The van der Waals surface area contributed by atoms with E-state index in [-0.39, 0.29) is 11.3 Å². The molecule has 0 fully saturated rings. The molecule has 0 saturated carbocycles. The second kappa shape index (κ2) is 7.85. The Bertz CT molecular complexity index is 1220. The predicted octanol–water partition coefficient (Wildman–Crippen LogP) is 2.07. The predicted molar refractivity (Wildman–Crippen MR) is 104 cm³/mol. The monoisotopic (exact) mass is 388 g/mol. The lowest BCUT2D eigenvalue weighted by molar-refractivity contribution is 0.102. The number of rotatable bonds is 5. The van der Waals surface area contributed by atoms with E-state index in [1.807, 2.05) is 24.3 Å². The first-order valence-electron chi connectivity index (χ1n) is 8.77. The number of benzene rings is 1. The molecule has 9 nitrogen and oxygen atoms in total. The fourth-order valence-corrected chi connectivity index (χ4v) is 2.71. The van der Waals surface area contributed by atoms with E-state index in [1.54, 1.807) is 24.5 Å². The second-order valence-electron chi connectivity index (χ2n) is 6.22. The van der Waals surface area contributed by atoms with Crippen molar-refractivity contribution in [2.45, 2.75) is 6.42 Å². The topological polar surface area (TPSA) is 116 Å². The summed E-state index contributed by atoms with van der Waals surface area (Å²) in [5, 5.41) is 10.8. The minimum absolute atomic E-state index is 0.138. The summed E-state index contributed by atoms with van der Waals surface area (Å²) in [5.74, 6) is 0.435. The molecule has 4 aromatic rings. The Morgan fingerprint density at radius 1 is 1.14 bits per heavy atom. The van der Waals surface area contributed by atoms with Crippen LogP contribution in [0.2, 0.25) is 0 Å². The number of carbonyl (C=O) groups excluding carboxylic acids is 1. The molecule has 144 valence electrons. The van der Waals surface area contributed by atoms with Crippen LogP contribution in [0.4, 0.5) is 5.69 Å². The van der Waals surface area contributed by atoms with Gasteiger partial charge in [-0.25, -0.2) is 4.68 Å². The second-order valence-corrected chi connectivity index (χ2v) is 6.22. The van der Waals surface area contributed by atoms with E-state index in [0.29, 0.717) is 23.8 Å². The molecule has 0 atom stereocenters. The van der Waals surface area contributed by atoms with Crippen LogP contribution in [0.1, 0.15) is 21.9 Å². The third-order valence-corrected chi connectivity index (χ3v) is 4.19. The van der Waals surface area contributed by atoms with Gasteiger partial charge >= 0.3 is 0 Å². The van der Waals surface area contributed by atoms with Gasteiger partial charge in [-0.3, -0.25) is 14.6 Å². The molecule has 0 aliphatic heterocycles. The summed E-state index contributed by atoms with van der Waals surface area (Å²) in [6, 6.07) is 13.6. The highest BCUT2D eigenvalue weighted by atomic mass is 16.5. The fraction of sp³-hybridized carbons (Fsp3) is 0.100. The zero-order valence-corrected chi connectivity index (χ0v) is 15.4. The highest BCUT2D eigenvalue weighted by Crippen LogP contribution is 2.21. The number of nitrogens with one attached hydrogen (secondary N) is 1. The summed E-state index contributed by atoms with van der Waals surface area (Å²) in [7, 11) is 1.49. The van der Waals surface area contributed by atoms with Gasteiger partial charge in [0.2, 0.25) is 11.7 Å². The van der Waals surface area contributed by atoms with Crippen LogP contribution in [-0.2, 0) is 13.5 Å². The molecule has 3 aromatic heterocycles. The normalized spacial score (nSPS) is 10.7. The summed E-state index contributed by atoms with van der Waals surface area (Å²) >= 11 is 0. The van der Waals surface area contributed by atoms with Gasteiger partial charge in [0.05, 0.1) is 6.42 Å².